The van der Waals surface area contributed by atoms with Crippen LogP contribution in [0.3, 0.4) is 0 Å². The zero-order chi connectivity index (χ0) is 24.4. The molecule has 1 amide bonds. The number of amides is 1. The van der Waals surface area contributed by atoms with E-state index in [1.807, 2.05) is 25.2 Å². The van der Waals surface area contributed by atoms with Crippen LogP contribution in [0, 0.1) is 0 Å². The van der Waals surface area contributed by atoms with E-state index in [2.05, 4.69) is 21.0 Å². The molecule has 182 valence electrons. The molecule has 2 N–H and O–H groups in total. The van der Waals surface area contributed by atoms with Crippen molar-refractivity contribution in [1.29, 1.82) is 0 Å². The Morgan fingerprint density at radius 2 is 1.83 bits per heavy atom. The molecule has 3 aliphatic rings. The first-order valence-electron chi connectivity index (χ1n) is 12.5. The zero-order valence-electron chi connectivity index (χ0n) is 20.1. The number of benzene rings is 1. The zero-order valence-corrected chi connectivity index (χ0v) is 20.1. The molecule has 36 heavy (non-hydrogen) atoms. The first kappa shape index (κ1) is 21.4. The lowest BCUT2D eigenvalue weighted by molar-refractivity contribution is 0.0982. The summed E-state index contributed by atoms with van der Waals surface area (Å²) in [7, 11) is 1.89. The van der Waals surface area contributed by atoms with Crippen LogP contribution in [0.5, 0.6) is 0 Å². The van der Waals surface area contributed by atoms with Gasteiger partial charge in [-0.3, -0.25) is 14.4 Å². The van der Waals surface area contributed by atoms with Crippen molar-refractivity contribution in [2.45, 2.75) is 57.3 Å². The smallest absolute Gasteiger partial charge is 0.262 e. The SMILES string of the molecule is Cn1nc(C2CC2)cc1N(Cc1ccc2c3c(c(N)nc2c1)COC3)C(=O)c1cnc(C2CC2)nc1. The van der Waals surface area contributed by atoms with E-state index in [0.29, 0.717) is 43.0 Å². The van der Waals surface area contributed by atoms with E-state index in [-0.39, 0.29) is 5.91 Å². The number of carbonyl (C=O) groups is 1. The predicted molar refractivity (Wildman–Crippen MR) is 134 cm³/mol. The van der Waals surface area contributed by atoms with E-state index >= 15 is 0 Å². The third-order valence-corrected chi connectivity index (χ3v) is 7.39. The molecule has 2 aliphatic carbocycles. The second-order valence-electron chi connectivity index (χ2n) is 10.1. The normalized spacial score (nSPS) is 16.9. The molecule has 0 bridgehead atoms. The van der Waals surface area contributed by atoms with Crippen molar-refractivity contribution in [3.8, 4) is 0 Å². The average molecular weight is 482 g/mol. The van der Waals surface area contributed by atoms with Crippen molar-refractivity contribution in [1.82, 2.24) is 24.7 Å². The number of nitrogens with zero attached hydrogens (tertiary/aromatic N) is 6. The van der Waals surface area contributed by atoms with Gasteiger partial charge in [-0.15, -0.1) is 0 Å². The van der Waals surface area contributed by atoms with Crippen LogP contribution < -0.4 is 10.6 Å². The molecule has 7 rings (SSSR count). The van der Waals surface area contributed by atoms with Crippen LogP contribution in [0.25, 0.3) is 10.9 Å². The fraction of sp³-hybridized carbons (Fsp3) is 0.370. The van der Waals surface area contributed by atoms with Crippen LogP contribution in [-0.2, 0) is 31.5 Å². The Morgan fingerprint density at radius 3 is 2.58 bits per heavy atom. The van der Waals surface area contributed by atoms with Gasteiger partial charge in [0, 0.05) is 48.3 Å². The molecule has 4 aromatic rings. The largest absolute Gasteiger partial charge is 0.383 e. The molecule has 3 aromatic heterocycles. The summed E-state index contributed by atoms with van der Waals surface area (Å²) in [6.07, 6.45) is 7.84. The molecule has 2 saturated carbocycles. The van der Waals surface area contributed by atoms with Gasteiger partial charge in [0.15, 0.2) is 0 Å². The van der Waals surface area contributed by atoms with Crippen molar-refractivity contribution in [2.75, 3.05) is 10.6 Å². The lowest BCUT2D eigenvalue weighted by atomic mass is 10.0. The fourth-order valence-electron chi connectivity index (χ4n) is 5.03. The van der Waals surface area contributed by atoms with E-state index in [1.54, 1.807) is 22.0 Å². The molecule has 4 heterocycles. The minimum absolute atomic E-state index is 0.155. The van der Waals surface area contributed by atoms with Crippen molar-refractivity contribution >= 4 is 28.4 Å². The number of aromatic nitrogens is 5. The first-order valence-corrected chi connectivity index (χ1v) is 12.5. The third-order valence-electron chi connectivity index (χ3n) is 7.39. The monoisotopic (exact) mass is 481 g/mol. The number of nitrogen functional groups attached to an aromatic ring is 1. The second-order valence-corrected chi connectivity index (χ2v) is 10.1. The maximum Gasteiger partial charge on any atom is 0.262 e. The van der Waals surface area contributed by atoms with E-state index in [1.165, 1.54) is 0 Å². The molecule has 0 spiro atoms. The van der Waals surface area contributed by atoms with Crippen LogP contribution in [0.1, 0.15) is 76.1 Å². The van der Waals surface area contributed by atoms with Crippen molar-refractivity contribution in [3.63, 3.8) is 0 Å². The van der Waals surface area contributed by atoms with Crippen LogP contribution in [0.4, 0.5) is 11.6 Å². The van der Waals surface area contributed by atoms with Crippen molar-refractivity contribution < 1.29 is 9.53 Å². The van der Waals surface area contributed by atoms with Crippen LogP contribution >= 0.6 is 0 Å². The summed E-state index contributed by atoms with van der Waals surface area (Å²) < 4.78 is 7.41. The molecule has 0 radical (unpaired) electrons. The molecule has 1 aliphatic heterocycles. The van der Waals surface area contributed by atoms with Gasteiger partial charge in [0.05, 0.1) is 36.5 Å². The van der Waals surface area contributed by atoms with Crippen molar-refractivity contribution in [2.24, 2.45) is 7.05 Å². The lowest BCUT2D eigenvalue weighted by Crippen LogP contribution is -2.32. The van der Waals surface area contributed by atoms with Crippen LogP contribution in [0.2, 0.25) is 0 Å². The highest BCUT2D eigenvalue weighted by molar-refractivity contribution is 6.05. The highest BCUT2D eigenvalue weighted by atomic mass is 16.5. The Labute approximate surface area is 208 Å². The molecule has 0 saturated heterocycles. The number of hydrogen-bond acceptors (Lipinski definition) is 7. The Balaban J connectivity index is 1.26. The molecule has 0 unspecified atom stereocenters. The number of pyridine rings is 1. The summed E-state index contributed by atoms with van der Waals surface area (Å²) >= 11 is 0. The Hall–Kier alpha value is -3.85. The van der Waals surface area contributed by atoms with E-state index in [4.69, 9.17) is 15.6 Å². The summed E-state index contributed by atoms with van der Waals surface area (Å²) in [4.78, 5) is 29.2. The van der Waals surface area contributed by atoms with Gasteiger partial charge in [0.25, 0.3) is 5.91 Å². The highest BCUT2D eigenvalue weighted by Gasteiger charge is 2.31. The van der Waals surface area contributed by atoms with Gasteiger partial charge in [0.2, 0.25) is 0 Å². The van der Waals surface area contributed by atoms with Crippen LogP contribution in [-0.4, -0.2) is 30.6 Å². The van der Waals surface area contributed by atoms with Crippen LogP contribution in [0.15, 0.2) is 36.7 Å². The summed E-state index contributed by atoms with van der Waals surface area (Å²) in [5.41, 5.74) is 11.6. The number of hydrogen-bond donors (Lipinski definition) is 1. The van der Waals surface area contributed by atoms with Gasteiger partial charge in [-0.2, -0.15) is 5.10 Å². The molecule has 0 atom stereocenters. The number of aryl methyl sites for hydroxylation is 1. The lowest BCUT2D eigenvalue weighted by Gasteiger charge is -2.23. The second kappa shape index (κ2) is 8.09. The molecule has 2 fully saturated rings. The number of fused-ring (bicyclic) bond motifs is 3. The highest BCUT2D eigenvalue weighted by Crippen LogP contribution is 2.41. The van der Waals surface area contributed by atoms with Gasteiger partial charge in [-0.05, 0) is 42.9 Å². The summed E-state index contributed by atoms with van der Waals surface area (Å²) in [6.45, 7) is 1.40. The summed E-state index contributed by atoms with van der Waals surface area (Å²) in [5.74, 6) is 2.85. The molecular formula is C27H27N7O2. The minimum Gasteiger partial charge on any atom is -0.383 e. The van der Waals surface area contributed by atoms with Gasteiger partial charge in [-0.1, -0.05) is 12.1 Å². The standard InChI is InChI=1S/C27H27N7O2/c1-33-24(9-22(32-33)16-3-4-16)34(27(35)18-10-29-26(30-11-18)17-5-6-17)12-15-2-7-19-20-13-36-14-21(20)25(28)31-23(19)8-15/h2,7-11,16-17H,3-6,12-14H2,1H3,(H2,28,31). The van der Waals surface area contributed by atoms with Gasteiger partial charge in [-0.25, -0.2) is 15.0 Å². The van der Waals surface area contributed by atoms with Crippen molar-refractivity contribution in [3.05, 3.63) is 70.4 Å². The van der Waals surface area contributed by atoms with Gasteiger partial charge in [0.1, 0.15) is 17.5 Å². The average Bonchev–Trinajstić information content (AvgIpc) is 3.82. The quantitative estimate of drug-likeness (QED) is 0.443. The topological polar surface area (TPSA) is 112 Å². The Bertz CT molecular complexity index is 1500. The number of rotatable bonds is 6. The number of carbonyl (C=O) groups excluding carboxylic acids is 1. The molecule has 9 heteroatoms. The summed E-state index contributed by atoms with van der Waals surface area (Å²) in [5, 5.41) is 5.75. The van der Waals surface area contributed by atoms with Gasteiger partial charge < -0.3 is 10.5 Å². The summed E-state index contributed by atoms with van der Waals surface area (Å²) in [6, 6.07) is 8.15. The molecule has 1 aromatic carbocycles. The van der Waals surface area contributed by atoms with E-state index < -0.39 is 0 Å². The number of ether oxygens (including phenoxy) is 1. The molecule has 9 nitrogen and oxygen atoms in total. The third kappa shape index (κ3) is 3.71. The fourth-order valence-corrected chi connectivity index (χ4v) is 5.03. The van der Waals surface area contributed by atoms with E-state index in [9.17, 15) is 4.79 Å². The molecular weight excluding hydrogens is 454 g/mol. The maximum absolute atomic E-state index is 13.8. The number of anilines is 2. The van der Waals surface area contributed by atoms with Gasteiger partial charge >= 0.3 is 0 Å². The predicted octanol–water partition coefficient (Wildman–Crippen LogP) is 3.97. The Morgan fingerprint density at radius 1 is 1.08 bits per heavy atom. The first-order chi connectivity index (χ1) is 17.5. The van der Waals surface area contributed by atoms with E-state index in [0.717, 1.165) is 70.6 Å². The maximum atomic E-state index is 13.8. The minimum atomic E-state index is -0.155. The number of nitrogens with two attached hydrogens (primary N) is 1. The Kier molecular flexibility index (Phi) is 4.82.